The molecule has 6 heteroatoms. The third-order valence-corrected chi connectivity index (χ3v) is 3.38. The van der Waals surface area contributed by atoms with Crippen molar-refractivity contribution in [3.8, 4) is 11.5 Å². The first-order valence-corrected chi connectivity index (χ1v) is 6.44. The molecule has 0 amide bonds. The summed E-state index contributed by atoms with van der Waals surface area (Å²) < 4.78 is 15.8. The van der Waals surface area contributed by atoms with E-state index >= 15 is 0 Å². The molecule has 2 rings (SSSR count). The third-order valence-electron chi connectivity index (χ3n) is 3.01. The predicted molar refractivity (Wildman–Crippen MR) is 80.1 cm³/mol. The molecule has 0 aliphatic heterocycles. The Kier molecular flexibility index (Phi) is 4.52. The van der Waals surface area contributed by atoms with Gasteiger partial charge in [0, 0.05) is 31.3 Å². The van der Waals surface area contributed by atoms with Crippen LogP contribution >= 0.6 is 11.6 Å². The topological polar surface area (TPSA) is 52.6 Å². The summed E-state index contributed by atoms with van der Waals surface area (Å²) in [6.45, 7) is 0.414. The van der Waals surface area contributed by atoms with Gasteiger partial charge in [0.1, 0.15) is 17.0 Å². The summed E-state index contributed by atoms with van der Waals surface area (Å²) in [7, 11) is 6.61. The molecule has 0 fully saturated rings. The van der Waals surface area contributed by atoms with E-state index in [4.69, 9.17) is 25.8 Å². The van der Waals surface area contributed by atoms with Crippen LogP contribution < -0.4 is 14.8 Å². The number of fused-ring (bicyclic) bond motifs is 1. The van der Waals surface area contributed by atoms with E-state index < -0.39 is 0 Å². The van der Waals surface area contributed by atoms with Crippen LogP contribution in [0.1, 0.15) is 5.69 Å². The van der Waals surface area contributed by atoms with Crippen LogP contribution in [0.5, 0.6) is 11.5 Å². The lowest BCUT2D eigenvalue weighted by Crippen LogP contribution is -2.01. The highest BCUT2D eigenvalue weighted by atomic mass is 35.5. The number of ether oxygens (including phenoxy) is 3. The van der Waals surface area contributed by atoms with E-state index in [2.05, 4.69) is 10.3 Å². The first kappa shape index (κ1) is 14.7. The molecular weight excluding hydrogens is 280 g/mol. The highest BCUT2D eigenvalue weighted by Crippen LogP contribution is 2.41. The lowest BCUT2D eigenvalue weighted by molar-refractivity contribution is 0.182. The van der Waals surface area contributed by atoms with Crippen LogP contribution in [-0.2, 0) is 11.3 Å². The molecule has 0 saturated carbocycles. The Bertz CT molecular complexity index is 632. The summed E-state index contributed by atoms with van der Waals surface area (Å²) in [5, 5.41) is 4.39. The molecule has 0 aliphatic carbocycles. The van der Waals surface area contributed by atoms with Crippen molar-refractivity contribution in [3.63, 3.8) is 0 Å². The van der Waals surface area contributed by atoms with Crippen LogP contribution in [0.2, 0.25) is 5.02 Å². The number of nitrogens with zero attached hydrogens (tertiary/aromatic N) is 1. The molecule has 1 aromatic carbocycles. The zero-order chi connectivity index (χ0) is 14.7. The maximum absolute atomic E-state index is 6.39. The number of pyridine rings is 1. The van der Waals surface area contributed by atoms with E-state index in [0.29, 0.717) is 28.6 Å². The van der Waals surface area contributed by atoms with Crippen LogP contribution in [0, 0.1) is 0 Å². The minimum atomic E-state index is 0.414. The fourth-order valence-electron chi connectivity index (χ4n) is 2.10. The van der Waals surface area contributed by atoms with Crippen molar-refractivity contribution in [2.75, 3.05) is 33.7 Å². The minimum Gasteiger partial charge on any atom is -0.495 e. The number of halogens is 1. The molecule has 2 aromatic rings. The van der Waals surface area contributed by atoms with E-state index in [1.54, 1.807) is 27.4 Å². The molecule has 0 unspecified atom stereocenters. The number of anilines is 1. The van der Waals surface area contributed by atoms with Crippen molar-refractivity contribution < 1.29 is 14.2 Å². The van der Waals surface area contributed by atoms with Crippen LogP contribution in [-0.4, -0.2) is 33.4 Å². The zero-order valence-electron chi connectivity index (χ0n) is 11.9. The van der Waals surface area contributed by atoms with Crippen molar-refractivity contribution in [1.82, 2.24) is 4.98 Å². The molecule has 108 valence electrons. The number of aromatic nitrogens is 1. The van der Waals surface area contributed by atoms with E-state index in [1.807, 2.05) is 13.1 Å². The fraction of sp³-hybridized carbons (Fsp3) is 0.357. The highest BCUT2D eigenvalue weighted by Gasteiger charge is 2.17. The smallest absolute Gasteiger partial charge is 0.148 e. The molecule has 0 bridgehead atoms. The minimum absolute atomic E-state index is 0.414. The Morgan fingerprint density at radius 3 is 2.40 bits per heavy atom. The van der Waals surface area contributed by atoms with Gasteiger partial charge in [-0.2, -0.15) is 0 Å². The van der Waals surface area contributed by atoms with E-state index in [9.17, 15) is 0 Å². The summed E-state index contributed by atoms with van der Waals surface area (Å²) in [5.41, 5.74) is 2.32. The van der Waals surface area contributed by atoms with E-state index in [0.717, 1.165) is 16.8 Å². The number of rotatable bonds is 5. The molecule has 1 N–H and O–H groups in total. The van der Waals surface area contributed by atoms with Crippen LogP contribution in [0.25, 0.3) is 10.9 Å². The maximum atomic E-state index is 6.39. The van der Waals surface area contributed by atoms with Crippen LogP contribution in [0.15, 0.2) is 12.1 Å². The van der Waals surface area contributed by atoms with Crippen LogP contribution in [0.4, 0.5) is 5.69 Å². The molecule has 5 nitrogen and oxygen atoms in total. The van der Waals surface area contributed by atoms with Gasteiger partial charge in [-0.3, -0.25) is 0 Å². The lowest BCUT2D eigenvalue weighted by atomic mass is 10.1. The first-order chi connectivity index (χ1) is 9.65. The Morgan fingerprint density at radius 2 is 1.85 bits per heavy atom. The van der Waals surface area contributed by atoms with Crippen molar-refractivity contribution in [2.24, 2.45) is 0 Å². The fourth-order valence-corrected chi connectivity index (χ4v) is 2.42. The number of benzene rings is 1. The quantitative estimate of drug-likeness (QED) is 0.919. The maximum Gasteiger partial charge on any atom is 0.148 e. The van der Waals surface area contributed by atoms with Crippen molar-refractivity contribution in [2.45, 2.75) is 6.61 Å². The monoisotopic (exact) mass is 296 g/mol. The molecule has 0 aliphatic rings. The second-order valence-electron chi connectivity index (χ2n) is 4.16. The molecule has 0 atom stereocenters. The number of methoxy groups -OCH3 is 3. The molecule has 1 aromatic heterocycles. The van der Waals surface area contributed by atoms with Gasteiger partial charge in [0.2, 0.25) is 0 Å². The average Bonchev–Trinajstić information content (AvgIpc) is 2.47. The summed E-state index contributed by atoms with van der Waals surface area (Å²) >= 11 is 6.39. The van der Waals surface area contributed by atoms with Gasteiger partial charge in [-0.25, -0.2) is 4.98 Å². The lowest BCUT2D eigenvalue weighted by Gasteiger charge is -2.15. The molecule has 20 heavy (non-hydrogen) atoms. The summed E-state index contributed by atoms with van der Waals surface area (Å²) in [5.74, 6) is 1.16. The zero-order valence-corrected chi connectivity index (χ0v) is 12.7. The Labute approximate surface area is 122 Å². The number of nitrogens with one attached hydrogen (secondary N) is 1. The Morgan fingerprint density at radius 1 is 1.15 bits per heavy atom. The number of hydrogen-bond donors (Lipinski definition) is 1. The van der Waals surface area contributed by atoms with Gasteiger partial charge in [0.15, 0.2) is 0 Å². The average molecular weight is 297 g/mol. The summed E-state index contributed by atoms with van der Waals surface area (Å²) in [6, 6.07) is 3.63. The van der Waals surface area contributed by atoms with E-state index in [1.165, 1.54) is 0 Å². The van der Waals surface area contributed by atoms with Crippen molar-refractivity contribution in [1.29, 1.82) is 0 Å². The predicted octanol–water partition coefficient (Wildman–Crippen LogP) is 3.09. The van der Waals surface area contributed by atoms with Gasteiger partial charge in [0.05, 0.1) is 31.5 Å². The SMILES string of the molecule is CNc1cc(COC)nc2c(OC)cc(OC)c(Cl)c12. The summed E-state index contributed by atoms with van der Waals surface area (Å²) in [6.07, 6.45) is 0. The molecule has 0 spiro atoms. The van der Waals surface area contributed by atoms with Gasteiger partial charge >= 0.3 is 0 Å². The third kappa shape index (κ3) is 2.46. The van der Waals surface area contributed by atoms with Crippen molar-refractivity contribution >= 4 is 28.2 Å². The van der Waals surface area contributed by atoms with Gasteiger partial charge < -0.3 is 19.5 Å². The second kappa shape index (κ2) is 6.15. The normalized spacial score (nSPS) is 10.7. The van der Waals surface area contributed by atoms with Gasteiger partial charge in [-0.1, -0.05) is 11.6 Å². The molecular formula is C14H17ClN2O3. The second-order valence-corrected chi connectivity index (χ2v) is 4.54. The molecule has 1 heterocycles. The molecule has 0 radical (unpaired) electrons. The highest BCUT2D eigenvalue weighted by molar-refractivity contribution is 6.38. The largest absolute Gasteiger partial charge is 0.495 e. The standard InChI is InChI=1S/C14H17ClN2O3/c1-16-9-5-8(7-18-2)17-14-11(20-4)6-10(19-3)13(15)12(9)14/h5-6H,7H2,1-4H3,(H,16,17). The summed E-state index contributed by atoms with van der Waals surface area (Å²) in [4.78, 5) is 4.55. The van der Waals surface area contributed by atoms with Gasteiger partial charge in [-0.05, 0) is 6.07 Å². The van der Waals surface area contributed by atoms with Gasteiger partial charge in [-0.15, -0.1) is 0 Å². The Balaban J connectivity index is 2.83. The number of hydrogen-bond acceptors (Lipinski definition) is 5. The van der Waals surface area contributed by atoms with E-state index in [-0.39, 0.29) is 0 Å². The molecule has 0 saturated heterocycles. The van der Waals surface area contributed by atoms with Gasteiger partial charge in [0.25, 0.3) is 0 Å². The first-order valence-electron chi connectivity index (χ1n) is 6.07. The van der Waals surface area contributed by atoms with Crippen LogP contribution in [0.3, 0.4) is 0 Å². The Hall–Kier alpha value is -1.72. The van der Waals surface area contributed by atoms with Crippen molar-refractivity contribution in [3.05, 3.63) is 22.8 Å².